The molecule has 0 aromatic heterocycles. The normalized spacial score (nSPS) is 13.2. The summed E-state index contributed by atoms with van der Waals surface area (Å²) in [7, 11) is -5.30. The molecule has 0 fully saturated rings. The molecule has 0 spiro atoms. The number of hydrogen-bond donors (Lipinski definition) is 0. The Hall–Kier alpha value is -0.790. The maximum absolute atomic E-state index is 14.8. The first-order valence-electron chi connectivity index (χ1n) is 19.4. The average Bonchev–Trinajstić information content (AvgIpc) is 3.06. The molecule has 0 bridgehead atoms. The zero-order valence-electron chi connectivity index (χ0n) is 30.8. The molecule has 0 heterocycles. The van der Waals surface area contributed by atoms with Crippen LogP contribution in [0, 0.1) is 29.1 Å². The van der Waals surface area contributed by atoms with Crippen molar-refractivity contribution >= 4 is 16.9 Å². The summed E-state index contributed by atoms with van der Waals surface area (Å²) in [4.78, 5) is -1.87. The van der Waals surface area contributed by atoms with Crippen LogP contribution in [-0.2, 0) is 14.1 Å². The molecule has 0 N–H and O–H groups in total. The number of hydrogen-bond acceptors (Lipinski definition) is 3. The van der Waals surface area contributed by atoms with Crippen LogP contribution in [0.3, 0.4) is 0 Å². The standard InChI is InChI=1S/C38H68F5O3PS/c1-5-9-13-14-15-16-17-18-19-20-21-22-23-24-25-26-27-28-32-47(29-10-6-2,30-11-7-3,31-12-8-4)46-48(44,45)38-36(42)34(40)33(39)35(41)37(38)43/h5-32H2,1-4H3. The van der Waals surface area contributed by atoms with E-state index in [1.54, 1.807) is 0 Å². The van der Waals surface area contributed by atoms with Crippen LogP contribution < -0.4 is 0 Å². The van der Waals surface area contributed by atoms with Crippen LogP contribution in [0.1, 0.15) is 182 Å². The first kappa shape index (κ1) is 45.2. The van der Waals surface area contributed by atoms with Gasteiger partial charge in [0.2, 0.25) is 0 Å². The van der Waals surface area contributed by atoms with Gasteiger partial charge in [-0.3, -0.25) is 0 Å². The minimum atomic E-state index is -5.30. The third-order valence-corrected chi connectivity index (χ3v) is 19.2. The van der Waals surface area contributed by atoms with Gasteiger partial charge in [-0.25, -0.2) is 0 Å². The minimum absolute atomic E-state index is 0.454. The molecule has 0 saturated carbocycles. The fourth-order valence-electron chi connectivity index (χ4n) is 7.03. The number of rotatable bonds is 31. The molecule has 0 radical (unpaired) electrons. The van der Waals surface area contributed by atoms with Crippen LogP contribution in [-0.4, -0.2) is 33.1 Å². The topological polar surface area (TPSA) is 43.4 Å². The van der Waals surface area contributed by atoms with Crippen molar-refractivity contribution in [2.75, 3.05) is 24.6 Å². The van der Waals surface area contributed by atoms with Gasteiger partial charge in [-0.2, -0.15) is 0 Å². The van der Waals surface area contributed by atoms with E-state index >= 15 is 0 Å². The van der Waals surface area contributed by atoms with Gasteiger partial charge in [0.05, 0.1) is 0 Å². The van der Waals surface area contributed by atoms with Crippen molar-refractivity contribution in [2.45, 2.75) is 187 Å². The molecule has 0 aliphatic carbocycles. The van der Waals surface area contributed by atoms with E-state index in [0.29, 0.717) is 50.3 Å². The second kappa shape index (κ2) is 24.4. The van der Waals surface area contributed by atoms with Gasteiger partial charge in [-0.05, 0) is 0 Å². The van der Waals surface area contributed by atoms with Crippen LogP contribution in [0.4, 0.5) is 22.0 Å². The molecule has 0 atom stereocenters. The van der Waals surface area contributed by atoms with Gasteiger partial charge in [0.25, 0.3) is 0 Å². The number of unbranched alkanes of at least 4 members (excludes halogenated alkanes) is 20. The van der Waals surface area contributed by atoms with Crippen molar-refractivity contribution in [3.05, 3.63) is 29.1 Å². The molecular weight excluding hydrogens is 662 g/mol. The molecule has 0 saturated heterocycles. The van der Waals surface area contributed by atoms with Crippen molar-refractivity contribution in [2.24, 2.45) is 0 Å². The molecule has 0 aliphatic rings. The van der Waals surface area contributed by atoms with E-state index in [1.165, 1.54) is 83.5 Å². The quantitative estimate of drug-likeness (QED) is 0.0251. The van der Waals surface area contributed by atoms with Crippen LogP contribution in [0.25, 0.3) is 0 Å². The third-order valence-electron chi connectivity index (χ3n) is 10.0. The maximum atomic E-state index is 14.8. The Morgan fingerprint density at radius 3 is 0.958 bits per heavy atom. The molecule has 0 aliphatic heterocycles. The Kier molecular flexibility index (Phi) is 23.0. The van der Waals surface area contributed by atoms with Crippen LogP contribution in [0.15, 0.2) is 4.90 Å². The van der Waals surface area contributed by atoms with Crippen LogP contribution in [0.5, 0.6) is 0 Å². The Morgan fingerprint density at radius 2 is 0.646 bits per heavy atom. The second-order valence-corrected chi connectivity index (χ2v) is 21.7. The fraction of sp³-hybridized carbons (Fsp3) is 0.842. The van der Waals surface area contributed by atoms with Gasteiger partial charge >= 0.3 is 240 Å². The SMILES string of the molecule is CCCCCCCCCCCCCCCCCCCCP(CCCC)(CCCC)(CCCC)OS(=O)(=O)c1c(F)c(F)c(F)c(F)c1F. The molecule has 284 valence electrons. The van der Waals surface area contributed by atoms with Gasteiger partial charge in [0.15, 0.2) is 0 Å². The predicted octanol–water partition coefficient (Wildman–Crippen LogP) is 14.0. The monoisotopic (exact) mass is 730 g/mol. The summed E-state index contributed by atoms with van der Waals surface area (Å²) in [6.45, 7) is 4.51. The summed E-state index contributed by atoms with van der Waals surface area (Å²) in [5.74, 6) is -11.7. The van der Waals surface area contributed by atoms with E-state index in [9.17, 15) is 30.4 Å². The molecule has 0 unspecified atom stereocenters. The molecule has 3 nitrogen and oxygen atoms in total. The molecule has 1 aromatic rings. The summed E-state index contributed by atoms with van der Waals surface area (Å²) >= 11 is 0. The van der Waals surface area contributed by atoms with Gasteiger partial charge < -0.3 is 0 Å². The van der Waals surface area contributed by atoms with Crippen molar-refractivity contribution in [1.29, 1.82) is 0 Å². The number of benzene rings is 1. The van der Waals surface area contributed by atoms with Crippen molar-refractivity contribution in [1.82, 2.24) is 0 Å². The van der Waals surface area contributed by atoms with Gasteiger partial charge in [0, 0.05) is 0 Å². The Morgan fingerprint density at radius 1 is 0.396 bits per heavy atom. The molecule has 48 heavy (non-hydrogen) atoms. The predicted molar refractivity (Wildman–Crippen MR) is 194 cm³/mol. The fourth-order valence-corrected chi connectivity index (χ4v) is 17.1. The summed E-state index contributed by atoms with van der Waals surface area (Å²) in [6.07, 6.45) is 28.2. The summed E-state index contributed by atoms with van der Waals surface area (Å²) in [5, 5.41) is 0. The van der Waals surface area contributed by atoms with Crippen molar-refractivity contribution < 1.29 is 34.3 Å². The molecular formula is C38H68F5O3PS. The Labute approximate surface area is 291 Å². The van der Waals surface area contributed by atoms with Crippen LogP contribution in [0.2, 0.25) is 0 Å². The van der Waals surface area contributed by atoms with E-state index in [0.717, 1.165) is 44.9 Å². The van der Waals surface area contributed by atoms with E-state index in [-0.39, 0.29) is 0 Å². The number of halogens is 5. The second-order valence-electron chi connectivity index (χ2n) is 14.3. The molecule has 1 aromatic carbocycles. The van der Waals surface area contributed by atoms with Crippen molar-refractivity contribution in [3.63, 3.8) is 0 Å². The summed E-state index contributed by atoms with van der Waals surface area (Å²) < 4.78 is 105. The van der Waals surface area contributed by atoms with E-state index in [2.05, 4.69) is 6.92 Å². The summed E-state index contributed by atoms with van der Waals surface area (Å²) in [6, 6.07) is 0. The average molecular weight is 731 g/mol. The van der Waals surface area contributed by atoms with E-state index in [4.69, 9.17) is 3.97 Å². The van der Waals surface area contributed by atoms with E-state index in [1.807, 2.05) is 20.8 Å². The van der Waals surface area contributed by atoms with Crippen molar-refractivity contribution in [3.8, 4) is 0 Å². The molecule has 0 amide bonds. The Bertz CT molecular complexity index is 1080. The third kappa shape index (κ3) is 15.2. The van der Waals surface area contributed by atoms with Gasteiger partial charge in [-0.15, -0.1) is 0 Å². The van der Waals surface area contributed by atoms with Crippen LogP contribution >= 0.6 is 6.83 Å². The first-order valence-corrected chi connectivity index (χ1v) is 23.7. The van der Waals surface area contributed by atoms with E-state index < -0.39 is 50.9 Å². The van der Waals surface area contributed by atoms with Gasteiger partial charge in [-0.1, -0.05) is 51.9 Å². The molecule has 10 heteroatoms. The Balaban J connectivity index is 2.83. The molecule has 1 rings (SSSR count). The zero-order chi connectivity index (χ0) is 35.9. The first-order chi connectivity index (χ1) is 22.9. The summed E-state index contributed by atoms with van der Waals surface area (Å²) in [5.41, 5.74) is 0. The van der Waals surface area contributed by atoms with Gasteiger partial charge in [0.1, 0.15) is 0 Å². The zero-order valence-corrected chi connectivity index (χ0v) is 32.5.